The molecule has 1 aromatic carbocycles. The predicted molar refractivity (Wildman–Crippen MR) is 71.2 cm³/mol. The number of benzene rings is 1. The quantitative estimate of drug-likeness (QED) is 0.815. The van der Waals surface area contributed by atoms with Crippen molar-refractivity contribution >= 4 is 11.4 Å². The van der Waals surface area contributed by atoms with Gasteiger partial charge in [-0.15, -0.1) is 0 Å². The van der Waals surface area contributed by atoms with E-state index < -0.39 is 0 Å². The lowest BCUT2D eigenvalue weighted by Crippen LogP contribution is -2.22. The van der Waals surface area contributed by atoms with Crippen molar-refractivity contribution in [1.82, 2.24) is 0 Å². The number of hydrogen-bond donors (Lipinski definition) is 1. The highest BCUT2D eigenvalue weighted by molar-refractivity contribution is 5.69. The van der Waals surface area contributed by atoms with Crippen molar-refractivity contribution < 1.29 is 0 Å². The van der Waals surface area contributed by atoms with Crippen LogP contribution >= 0.6 is 0 Å². The van der Waals surface area contributed by atoms with Crippen LogP contribution in [0.5, 0.6) is 0 Å². The molecule has 1 N–H and O–H groups in total. The van der Waals surface area contributed by atoms with E-state index in [9.17, 15) is 0 Å². The molecule has 0 spiro atoms. The maximum Gasteiger partial charge on any atom is 0.0596 e. The van der Waals surface area contributed by atoms with Crippen molar-refractivity contribution in [3.63, 3.8) is 0 Å². The Labute approximate surface area is 98.7 Å². The largest absolute Gasteiger partial charge is 0.380 e. The molecular formula is C14H22N2. The molecule has 2 nitrogen and oxygen atoms in total. The van der Waals surface area contributed by atoms with Crippen LogP contribution in [-0.2, 0) is 0 Å². The minimum atomic E-state index is 0.654. The second-order valence-corrected chi connectivity index (χ2v) is 4.91. The Morgan fingerprint density at radius 3 is 2.56 bits per heavy atom. The van der Waals surface area contributed by atoms with E-state index in [2.05, 4.69) is 55.5 Å². The second kappa shape index (κ2) is 4.77. The van der Waals surface area contributed by atoms with Crippen molar-refractivity contribution in [1.29, 1.82) is 0 Å². The van der Waals surface area contributed by atoms with E-state index in [1.165, 1.54) is 30.6 Å². The van der Waals surface area contributed by atoms with Crippen LogP contribution in [0.4, 0.5) is 11.4 Å². The molecule has 1 aliphatic rings. The summed E-state index contributed by atoms with van der Waals surface area (Å²) in [5.74, 6) is 0.903. The van der Waals surface area contributed by atoms with Crippen molar-refractivity contribution in [2.75, 3.05) is 24.3 Å². The summed E-state index contributed by atoms with van der Waals surface area (Å²) >= 11 is 0. The van der Waals surface area contributed by atoms with Crippen LogP contribution in [-0.4, -0.2) is 20.1 Å². The van der Waals surface area contributed by atoms with Gasteiger partial charge in [0.1, 0.15) is 0 Å². The number of nitrogens with zero attached hydrogens (tertiary/aromatic N) is 1. The van der Waals surface area contributed by atoms with Gasteiger partial charge in [-0.25, -0.2) is 0 Å². The molecule has 0 saturated heterocycles. The zero-order valence-corrected chi connectivity index (χ0v) is 10.5. The maximum atomic E-state index is 3.70. The van der Waals surface area contributed by atoms with Crippen LogP contribution in [0.15, 0.2) is 24.3 Å². The van der Waals surface area contributed by atoms with E-state index >= 15 is 0 Å². The van der Waals surface area contributed by atoms with Gasteiger partial charge in [0.15, 0.2) is 0 Å². The van der Waals surface area contributed by atoms with Crippen LogP contribution < -0.4 is 10.2 Å². The van der Waals surface area contributed by atoms with Gasteiger partial charge in [-0.2, -0.15) is 0 Å². The first-order valence-corrected chi connectivity index (χ1v) is 6.25. The molecular weight excluding hydrogens is 196 g/mol. The smallest absolute Gasteiger partial charge is 0.0596 e. The number of para-hydroxylation sites is 2. The minimum Gasteiger partial charge on any atom is -0.380 e. The number of anilines is 2. The highest BCUT2D eigenvalue weighted by Crippen LogP contribution is 2.37. The van der Waals surface area contributed by atoms with Crippen LogP contribution in [0.2, 0.25) is 0 Å². The summed E-state index contributed by atoms with van der Waals surface area (Å²) in [6, 6.07) is 9.21. The number of rotatable bonds is 5. The lowest BCUT2D eigenvalue weighted by atomic mass is 10.1. The Morgan fingerprint density at radius 1 is 1.31 bits per heavy atom. The standard InChI is InChI=1S/C14H22N2/c1-4-12(11-9-10-11)15-13-7-5-6-8-14(13)16(2)3/h5-8,11-12,15H,4,9-10H2,1-3H3. The van der Waals surface area contributed by atoms with Crippen molar-refractivity contribution in [2.45, 2.75) is 32.2 Å². The van der Waals surface area contributed by atoms with Gasteiger partial charge in [-0.05, 0) is 37.3 Å². The third-order valence-corrected chi connectivity index (χ3v) is 3.36. The van der Waals surface area contributed by atoms with Gasteiger partial charge in [-0.1, -0.05) is 19.1 Å². The van der Waals surface area contributed by atoms with Gasteiger partial charge >= 0.3 is 0 Å². The van der Waals surface area contributed by atoms with E-state index in [1.54, 1.807) is 0 Å². The Bertz CT molecular complexity index is 342. The molecule has 1 aromatic rings. The maximum absolute atomic E-state index is 3.70. The highest BCUT2D eigenvalue weighted by atomic mass is 15.1. The third-order valence-electron chi connectivity index (χ3n) is 3.36. The minimum absolute atomic E-state index is 0.654. The van der Waals surface area contributed by atoms with E-state index in [0.29, 0.717) is 6.04 Å². The second-order valence-electron chi connectivity index (χ2n) is 4.91. The summed E-state index contributed by atoms with van der Waals surface area (Å²) in [6.45, 7) is 2.27. The summed E-state index contributed by atoms with van der Waals surface area (Å²) in [7, 11) is 4.19. The molecule has 1 fully saturated rings. The van der Waals surface area contributed by atoms with Gasteiger partial charge in [-0.3, -0.25) is 0 Å². The predicted octanol–water partition coefficient (Wildman–Crippen LogP) is 3.35. The van der Waals surface area contributed by atoms with Crippen LogP contribution in [0.3, 0.4) is 0 Å². The molecule has 2 rings (SSSR count). The van der Waals surface area contributed by atoms with E-state index in [0.717, 1.165) is 5.92 Å². The normalized spacial score (nSPS) is 16.9. The van der Waals surface area contributed by atoms with Crippen molar-refractivity contribution in [3.05, 3.63) is 24.3 Å². The van der Waals surface area contributed by atoms with Gasteiger partial charge in [0.05, 0.1) is 11.4 Å². The first kappa shape index (κ1) is 11.3. The topological polar surface area (TPSA) is 15.3 Å². The Hall–Kier alpha value is -1.18. The molecule has 0 radical (unpaired) electrons. The fourth-order valence-corrected chi connectivity index (χ4v) is 2.24. The molecule has 1 atom stereocenters. The average molecular weight is 218 g/mol. The first-order valence-electron chi connectivity index (χ1n) is 6.25. The number of hydrogen-bond acceptors (Lipinski definition) is 2. The Kier molecular flexibility index (Phi) is 3.37. The van der Waals surface area contributed by atoms with E-state index in [4.69, 9.17) is 0 Å². The number of nitrogens with one attached hydrogen (secondary N) is 1. The summed E-state index contributed by atoms with van der Waals surface area (Å²) in [4.78, 5) is 2.17. The fraction of sp³-hybridized carbons (Fsp3) is 0.571. The van der Waals surface area contributed by atoms with Crippen LogP contribution in [0.25, 0.3) is 0 Å². The summed E-state index contributed by atoms with van der Waals surface area (Å²) < 4.78 is 0. The summed E-state index contributed by atoms with van der Waals surface area (Å²) in [6.07, 6.45) is 4.01. The molecule has 2 heteroatoms. The van der Waals surface area contributed by atoms with Crippen molar-refractivity contribution in [3.8, 4) is 0 Å². The average Bonchev–Trinajstić information content (AvgIpc) is 3.10. The van der Waals surface area contributed by atoms with Crippen LogP contribution in [0, 0.1) is 5.92 Å². The van der Waals surface area contributed by atoms with E-state index in [1.807, 2.05) is 0 Å². The molecule has 1 aliphatic carbocycles. The lowest BCUT2D eigenvalue weighted by molar-refractivity contribution is 0.616. The third kappa shape index (κ3) is 2.49. The van der Waals surface area contributed by atoms with Crippen molar-refractivity contribution in [2.24, 2.45) is 5.92 Å². The van der Waals surface area contributed by atoms with E-state index in [-0.39, 0.29) is 0 Å². The fourth-order valence-electron chi connectivity index (χ4n) is 2.24. The van der Waals surface area contributed by atoms with Crippen LogP contribution in [0.1, 0.15) is 26.2 Å². The summed E-state index contributed by atoms with van der Waals surface area (Å²) in [5, 5.41) is 3.70. The zero-order valence-electron chi connectivity index (χ0n) is 10.5. The molecule has 1 saturated carbocycles. The molecule has 0 aliphatic heterocycles. The van der Waals surface area contributed by atoms with Gasteiger partial charge in [0.2, 0.25) is 0 Å². The molecule has 1 unspecified atom stereocenters. The first-order chi connectivity index (χ1) is 7.72. The monoisotopic (exact) mass is 218 g/mol. The lowest BCUT2D eigenvalue weighted by Gasteiger charge is -2.23. The zero-order chi connectivity index (χ0) is 11.5. The highest BCUT2D eigenvalue weighted by Gasteiger charge is 2.30. The van der Waals surface area contributed by atoms with Gasteiger partial charge in [0.25, 0.3) is 0 Å². The molecule has 0 aromatic heterocycles. The van der Waals surface area contributed by atoms with Gasteiger partial charge < -0.3 is 10.2 Å². The van der Waals surface area contributed by atoms with Gasteiger partial charge in [0, 0.05) is 20.1 Å². The molecule has 0 bridgehead atoms. The Balaban J connectivity index is 2.12. The Morgan fingerprint density at radius 2 is 2.00 bits per heavy atom. The molecule has 88 valence electrons. The molecule has 0 amide bonds. The SMILES string of the molecule is CCC(Nc1ccccc1N(C)C)C1CC1. The molecule has 0 heterocycles. The summed E-state index contributed by atoms with van der Waals surface area (Å²) in [5.41, 5.74) is 2.55. The molecule has 16 heavy (non-hydrogen) atoms.